The van der Waals surface area contributed by atoms with Crippen LogP contribution in [0.5, 0.6) is 0 Å². The van der Waals surface area contributed by atoms with Crippen LogP contribution in [-0.4, -0.2) is 32.0 Å². The van der Waals surface area contributed by atoms with Crippen molar-refractivity contribution >= 4 is 29.0 Å². The van der Waals surface area contributed by atoms with Crippen molar-refractivity contribution < 1.29 is 9.21 Å². The Hall–Kier alpha value is -1.94. The lowest BCUT2D eigenvalue weighted by atomic mass is 10.2. The summed E-state index contributed by atoms with van der Waals surface area (Å²) < 4.78 is 5.58. The smallest absolute Gasteiger partial charge is 0.196 e. The van der Waals surface area contributed by atoms with Gasteiger partial charge in [-0.2, -0.15) is 0 Å². The van der Waals surface area contributed by atoms with E-state index in [-0.39, 0.29) is 5.78 Å². The number of ketones is 1. The zero-order chi connectivity index (χ0) is 14.8. The Morgan fingerprint density at radius 3 is 2.33 bits per heavy atom. The van der Waals surface area contributed by atoms with E-state index in [0.29, 0.717) is 5.76 Å². The largest absolute Gasteiger partial charge is 0.437 e. The predicted molar refractivity (Wildman–Crippen MR) is 84.6 cm³/mol. The molecule has 0 spiro atoms. The molecule has 1 aromatic heterocycles. The van der Waals surface area contributed by atoms with E-state index >= 15 is 0 Å². The third-order valence-electron chi connectivity index (χ3n) is 3.72. The van der Waals surface area contributed by atoms with Crippen LogP contribution in [0.25, 0.3) is 0 Å². The summed E-state index contributed by atoms with van der Waals surface area (Å²) >= 11 is 6.24. The van der Waals surface area contributed by atoms with Crippen molar-refractivity contribution in [2.24, 2.45) is 0 Å². The average molecular weight is 305 g/mol. The van der Waals surface area contributed by atoms with Crippen molar-refractivity contribution in [3.63, 3.8) is 0 Å². The first-order valence-electron chi connectivity index (χ1n) is 7.00. The summed E-state index contributed by atoms with van der Waals surface area (Å²) in [6, 6.07) is 11.5. The standard InChI is InChI=1S/C16H17ClN2O2/c1-12(20)15-6-7-16(21-15)19-10-8-18(9-11-19)14-5-3-2-4-13(14)17/h2-7H,8-11H2,1H3. The van der Waals surface area contributed by atoms with Gasteiger partial charge in [-0.3, -0.25) is 4.79 Å². The first kappa shape index (κ1) is 14.0. The van der Waals surface area contributed by atoms with Gasteiger partial charge in [-0.25, -0.2) is 0 Å². The average Bonchev–Trinajstić information content (AvgIpc) is 2.98. The lowest BCUT2D eigenvalue weighted by Gasteiger charge is -2.36. The lowest BCUT2D eigenvalue weighted by molar-refractivity contribution is 0.0987. The molecule has 1 aliphatic heterocycles. The number of halogens is 1. The first-order chi connectivity index (χ1) is 10.1. The van der Waals surface area contributed by atoms with Gasteiger partial charge in [0.05, 0.1) is 10.7 Å². The number of nitrogens with zero attached hydrogens (tertiary/aromatic N) is 2. The van der Waals surface area contributed by atoms with Crippen molar-refractivity contribution in [2.45, 2.75) is 6.92 Å². The maximum Gasteiger partial charge on any atom is 0.196 e. The van der Waals surface area contributed by atoms with Crippen LogP contribution < -0.4 is 9.80 Å². The molecule has 21 heavy (non-hydrogen) atoms. The zero-order valence-corrected chi connectivity index (χ0v) is 12.6. The van der Waals surface area contributed by atoms with Crippen LogP contribution in [0.15, 0.2) is 40.8 Å². The van der Waals surface area contributed by atoms with Gasteiger partial charge in [-0.1, -0.05) is 23.7 Å². The number of benzene rings is 1. The summed E-state index contributed by atoms with van der Waals surface area (Å²) in [5.74, 6) is 1.13. The van der Waals surface area contributed by atoms with E-state index in [1.165, 1.54) is 6.92 Å². The highest BCUT2D eigenvalue weighted by atomic mass is 35.5. The van der Waals surface area contributed by atoms with Crippen molar-refractivity contribution in [2.75, 3.05) is 36.0 Å². The molecule has 2 heterocycles. The Kier molecular flexibility index (Phi) is 3.88. The first-order valence-corrected chi connectivity index (χ1v) is 7.38. The maximum absolute atomic E-state index is 11.3. The number of anilines is 2. The molecule has 0 radical (unpaired) electrons. The molecule has 0 bridgehead atoms. The van der Waals surface area contributed by atoms with Gasteiger partial charge in [0.2, 0.25) is 0 Å². The van der Waals surface area contributed by atoms with E-state index in [9.17, 15) is 4.79 Å². The highest BCUT2D eigenvalue weighted by molar-refractivity contribution is 6.33. The van der Waals surface area contributed by atoms with E-state index in [1.54, 1.807) is 6.07 Å². The molecule has 1 saturated heterocycles. The summed E-state index contributed by atoms with van der Waals surface area (Å²) in [6.07, 6.45) is 0. The molecule has 3 rings (SSSR count). The molecular weight excluding hydrogens is 288 g/mol. The van der Waals surface area contributed by atoms with Crippen LogP contribution in [0.4, 0.5) is 11.6 Å². The Morgan fingerprint density at radius 2 is 1.71 bits per heavy atom. The fourth-order valence-corrected chi connectivity index (χ4v) is 2.82. The molecular formula is C16H17ClN2O2. The van der Waals surface area contributed by atoms with E-state index in [4.69, 9.17) is 16.0 Å². The van der Waals surface area contributed by atoms with Crippen molar-refractivity contribution in [1.82, 2.24) is 0 Å². The van der Waals surface area contributed by atoms with E-state index < -0.39 is 0 Å². The number of Topliss-reactive ketones (excluding diaryl/α,β-unsaturated/α-hetero) is 1. The third-order valence-corrected chi connectivity index (χ3v) is 4.04. The second-order valence-corrected chi connectivity index (χ2v) is 5.53. The summed E-state index contributed by atoms with van der Waals surface area (Å²) in [4.78, 5) is 15.7. The molecule has 1 fully saturated rings. The van der Waals surface area contributed by atoms with Gasteiger partial charge < -0.3 is 14.2 Å². The highest BCUT2D eigenvalue weighted by Gasteiger charge is 2.21. The van der Waals surface area contributed by atoms with Crippen LogP contribution in [0.1, 0.15) is 17.5 Å². The van der Waals surface area contributed by atoms with Crippen molar-refractivity contribution in [3.05, 3.63) is 47.2 Å². The molecule has 0 N–H and O–H groups in total. The van der Waals surface area contributed by atoms with Crippen LogP contribution in [0, 0.1) is 0 Å². The second kappa shape index (κ2) is 5.82. The minimum atomic E-state index is -0.0454. The number of carbonyl (C=O) groups excluding carboxylic acids is 1. The Bertz CT molecular complexity index is 645. The van der Waals surface area contributed by atoms with Crippen molar-refractivity contribution in [1.29, 1.82) is 0 Å². The van der Waals surface area contributed by atoms with Crippen LogP contribution >= 0.6 is 11.6 Å². The number of carbonyl (C=O) groups is 1. The Morgan fingerprint density at radius 1 is 1.05 bits per heavy atom. The molecule has 1 aromatic carbocycles. The molecule has 110 valence electrons. The van der Waals surface area contributed by atoms with Crippen LogP contribution in [0.3, 0.4) is 0 Å². The fraction of sp³-hybridized carbons (Fsp3) is 0.312. The second-order valence-electron chi connectivity index (χ2n) is 5.12. The van der Waals surface area contributed by atoms with Gasteiger partial charge >= 0.3 is 0 Å². The van der Waals surface area contributed by atoms with E-state index in [0.717, 1.165) is 42.8 Å². The number of hydrogen-bond acceptors (Lipinski definition) is 4. The van der Waals surface area contributed by atoms with Gasteiger partial charge in [-0.05, 0) is 18.2 Å². The number of rotatable bonds is 3. The number of hydrogen-bond donors (Lipinski definition) is 0. The van der Waals surface area contributed by atoms with Crippen LogP contribution in [0.2, 0.25) is 5.02 Å². The summed E-state index contributed by atoms with van der Waals surface area (Å²) in [6.45, 7) is 4.95. The van der Waals surface area contributed by atoms with E-state index in [1.807, 2.05) is 30.3 Å². The Labute approximate surface area is 128 Å². The molecule has 0 amide bonds. The van der Waals surface area contributed by atoms with Gasteiger partial charge in [0.1, 0.15) is 0 Å². The quantitative estimate of drug-likeness (QED) is 0.814. The SMILES string of the molecule is CC(=O)c1ccc(N2CCN(c3ccccc3Cl)CC2)o1. The molecule has 1 aliphatic rings. The Balaban J connectivity index is 1.67. The van der Waals surface area contributed by atoms with Gasteiger partial charge in [0.25, 0.3) is 0 Å². The van der Waals surface area contributed by atoms with Crippen molar-refractivity contribution in [3.8, 4) is 0 Å². The third kappa shape index (κ3) is 2.90. The highest BCUT2D eigenvalue weighted by Crippen LogP contribution is 2.27. The molecule has 2 aromatic rings. The van der Waals surface area contributed by atoms with Gasteiger partial charge in [0, 0.05) is 39.2 Å². The fourth-order valence-electron chi connectivity index (χ4n) is 2.56. The minimum absolute atomic E-state index is 0.0454. The summed E-state index contributed by atoms with van der Waals surface area (Å²) in [7, 11) is 0. The monoisotopic (exact) mass is 304 g/mol. The molecule has 0 unspecified atom stereocenters. The molecule has 5 heteroatoms. The lowest BCUT2D eigenvalue weighted by Crippen LogP contribution is -2.46. The van der Waals surface area contributed by atoms with Gasteiger partial charge in [0.15, 0.2) is 17.4 Å². The van der Waals surface area contributed by atoms with Gasteiger partial charge in [-0.15, -0.1) is 0 Å². The predicted octanol–water partition coefficient (Wildman–Crippen LogP) is 3.46. The number of furan rings is 1. The molecule has 0 saturated carbocycles. The van der Waals surface area contributed by atoms with Crippen LogP contribution in [-0.2, 0) is 0 Å². The molecule has 0 aliphatic carbocycles. The normalized spacial score (nSPS) is 15.3. The molecule has 4 nitrogen and oxygen atoms in total. The summed E-state index contributed by atoms with van der Waals surface area (Å²) in [5.41, 5.74) is 1.07. The summed E-state index contributed by atoms with van der Waals surface area (Å²) in [5, 5.41) is 0.780. The number of piperazine rings is 1. The molecule has 0 atom stereocenters. The zero-order valence-electron chi connectivity index (χ0n) is 11.9. The topological polar surface area (TPSA) is 36.7 Å². The number of para-hydroxylation sites is 1. The minimum Gasteiger partial charge on any atom is -0.437 e. The van der Waals surface area contributed by atoms with E-state index in [2.05, 4.69) is 9.80 Å². The maximum atomic E-state index is 11.3.